The van der Waals surface area contributed by atoms with Crippen molar-refractivity contribution in [1.29, 1.82) is 0 Å². The third kappa shape index (κ3) is 5.24. The number of phenols is 1. The lowest BCUT2D eigenvalue weighted by Crippen LogP contribution is -2.22. The number of carbonyl (C=O) groups is 1. The van der Waals surface area contributed by atoms with Crippen molar-refractivity contribution in [2.24, 2.45) is 0 Å². The molecule has 8 heteroatoms. The van der Waals surface area contributed by atoms with Gasteiger partial charge in [0.2, 0.25) is 0 Å². The lowest BCUT2D eigenvalue weighted by Gasteiger charge is -2.21. The van der Waals surface area contributed by atoms with Crippen LogP contribution in [0, 0.1) is 0 Å². The van der Waals surface area contributed by atoms with Crippen molar-refractivity contribution in [3.8, 4) is 5.75 Å². The first-order valence-electron chi connectivity index (χ1n) is 11.1. The molecule has 2 aliphatic rings. The number of carbonyl (C=O) groups excluding carboxylic acids is 1. The van der Waals surface area contributed by atoms with Gasteiger partial charge in [-0.1, -0.05) is 12.1 Å². The van der Waals surface area contributed by atoms with E-state index in [1.54, 1.807) is 12.1 Å². The quantitative estimate of drug-likeness (QED) is 0.622. The van der Waals surface area contributed by atoms with E-state index < -0.39 is 23.2 Å². The molecule has 5 nitrogen and oxygen atoms in total. The molecular formula is C24H28F3N3O2. The molecule has 0 aliphatic carbocycles. The Kier molecular flexibility index (Phi) is 6.71. The van der Waals surface area contributed by atoms with Crippen molar-refractivity contribution in [1.82, 2.24) is 9.80 Å². The van der Waals surface area contributed by atoms with E-state index in [1.807, 2.05) is 0 Å². The Morgan fingerprint density at radius 1 is 0.906 bits per heavy atom. The van der Waals surface area contributed by atoms with Gasteiger partial charge in [0.05, 0.1) is 11.1 Å². The summed E-state index contributed by atoms with van der Waals surface area (Å²) in [6, 6.07) is 8.11. The monoisotopic (exact) mass is 447 g/mol. The molecule has 2 aromatic rings. The molecule has 0 unspecified atom stereocenters. The molecule has 0 spiro atoms. The number of hydrogen-bond donors (Lipinski definition) is 2. The molecule has 4 rings (SSSR count). The van der Waals surface area contributed by atoms with E-state index in [0.29, 0.717) is 29.9 Å². The van der Waals surface area contributed by atoms with Gasteiger partial charge in [-0.15, -0.1) is 0 Å². The van der Waals surface area contributed by atoms with Crippen LogP contribution in [0.3, 0.4) is 0 Å². The maximum Gasteiger partial charge on any atom is 0.417 e. The minimum absolute atomic E-state index is 0.206. The predicted molar refractivity (Wildman–Crippen MR) is 117 cm³/mol. The second-order valence-electron chi connectivity index (χ2n) is 8.61. The maximum absolute atomic E-state index is 13.4. The van der Waals surface area contributed by atoms with Crippen molar-refractivity contribution in [3.63, 3.8) is 0 Å². The maximum atomic E-state index is 13.4. The van der Waals surface area contributed by atoms with Crippen LogP contribution in [0.4, 0.5) is 18.9 Å². The predicted octanol–water partition coefficient (Wildman–Crippen LogP) is 4.85. The number of likely N-dealkylation sites (tertiary alicyclic amines) is 2. The summed E-state index contributed by atoms with van der Waals surface area (Å²) in [6.45, 7) is 4.85. The molecule has 2 aliphatic heterocycles. The Balaban J connectivity index is 1.63. The molecule has 2 saturated heterocycles. The molecule has 0 atom stereocenters. The number of rotatable bonds is 6. The van der Waals surface area contributed by atoms with E-state index in [-0.39, 0.29) is 5.75 Å². The summed E-state index contributed by atoms with van der Waals surface area (Å²) < 4.78 is 40.1. The van der Waals surface area contributed by atoms with E-state index >= 15 is 0 Å². The van der Waals surface area contributed by atoms with Crippen LogP contribution >= 0.6 is 0 Å². The smallest absolute Gasteiger partial charge is 0.417 e. The fourth-order valence-corrected chi connectivity index (χ4v) is 4.56. The van der Waals surface area contributed by atoms with Gasteiger partial charge in [0.25, 0.3) is 5.91 Å². The first kappa shape index (κ1) is 22.6. The van der Waals surface area contributed by atoms with Gasteiger partial charge in [-0.2, -0.15) is 13.2 Å². The zero-order valence-corrected chi connectivity index (χ0v) is 17.9. The van der Waals surface area contributed by atoms with E-state index in [2.05, 4.69) is 15.1 Å². The van der Waals surface area contributed by atoms with Gasteiger partial charge in [-0.25, -0.2) is 0 Å². The van der Waals surface area contributed by atoms with Crippen molar-refractivity contribution < 1.29 is 23.1 Å². The number of alkyl halides is 3. The second-order valence-corrected chi connectivity index (χ2v) is 8.61. The first-order valence-corrected chi connectivity index (χ1v) is 11.1. The van der Waals surface area contributed by atoms with Crippen LogP contribution in [0.1, 0.15) is 52.7 Å². The van der Waals surface area contributed by atoms with E-state index in [4.69, 9.17) is 0 Å². The molecule has 2 heterocycles. The van der Waals surface area contributed by atoms with Crippen LogP contribution in [0.2, 0.25) is 0 Å². The molecule has 2 fully saturated rings. The number of aromatic hydroxyl groups is 1. The number of hydrogen-bond acceptors (Lipinski definition) is 4. The second kappa shape index (κ2) is 9.50. The molecule has 0 bridgehead atoms. The van der Waals surface area contributed by atoms with Gasteiger partial charge >= 0.3 is 6.18 Å². The molecule has 32 heavy (non-hydrogen) atoms. The fourth-order valence-electron chi connectivity index (χ4n) is 4.56. The largest absolute Gasteiger partial charge is 0.507 e. The number of nitrogens with one attached hydrogen (secondary N) is 1. The van der Waals surface area contributed by atoms with Crippen molar-refractivity contribution >= 4 is 11.6 Å². The number of amides is 1. The van der Waals surface area contributed by atoms with Crippen LogP contribution in [-0.2, 0) is 19.3 Å². The molecule has 172 valence electrons. The minimum Gasteiger partial charge on any atom is -0.507 e. The highest BCUT2D eigenvalue weighted by molar-refractivity contribution is 6.05. The van der Waals surface area contributed by atoms with Crippen LogP contribution in [0.15, 0.2) is 36.4 Å². The van der Waals surface area contributed by atoms with Gasteiger partial charge in [-0.05, 0) is 76.1 Å². The summed E-state index contributed by atoms with van der Waals surface area (Å²) >= 11 is 0. The fraction of sp³-hybridized carbons (Fsp3) is 0.458. The van der Waals surface area contributed by atoms with E-state index in [1.165, 1.54) is 18.2 Å². The number of phenolic OH excluding ortho intramolecular Hbond substituents is 1. The van der Waals surface area contributed by atoms with Gasteiger partial charge in [0.15, 0.2) is 0 Å². The van der Waals surface area contributed by atoms with Gasteiger partial charge in [-0.3, -0.25) is 14.6 Å². The molecule has 2 N–H and O–H groups in total. The molecule has 1 amide bonds. The van der Waals surface area contributed by atoms with Gasteiger partial charge in [0, 0.05) is 29.9 Å². The summed E-state index contributed by atoms with van der Waals surface area (Å²) in [6.07, 6.45) is -0.207. The normalized spacial score (nSPS) is 17.7. The Morgan fingerprint density at radius 3 is 1.91 bits per heavy atom. The molecular weight excluding hydrogens is 419 g/mol. The third-order valence-corrected chi connectivity index (χ3v) is 6.19. The summed E-state index contributed by atoms with van der Waals surface area (Å²) in [5.74, 6) is -0.611. The number of benzene rings is 2. The third-order valence-electron chi connectivity index (χ3n) is 6.19. The molecule has 0 aromatic heterocycles. The van der Waals surface area contributed by atoms with Crippen molar-refractivity contribution in [2.45, 2.75) is 44.9 Å². The lowest BCUT2D eigenvalue weighted by molar-refractivity contribution is -0.137. The summed E-state index contributed by atoms with van der Waals surface area (Å²) in [7, 11) is 0. The Morgan fingerprint density at radius 2 is 1.41 bits per heavy atom. The van der Waals surface area contributed by atoms with Crippen LogP contribution < -0.4 is 5.32 Å². The molecule has 0 radical (unpaired) electrons. The van der Waals surface area contributed by atoms with Gasteiger partial charge < -0.3 is 10.4 Å². The highest BCUT2D eigenvalue weighted by Crippen LogP contribution is 2.34. The van der Waals surface area contributed by atoms with Crippen LogP contribution in [0.25, 0.3) is 0 Å². The minimum atomic E-state index is -4.62. The van der Waals surface area contributed by atoms with Crippen LogP contribution in [0.5, 0.6) is 5.75 Å². The standard InChI is InChI=1S/C24H28F3N3O2/c25-24(26,27)21-8-2-1-7-20(21)23(32)28-19-13-17(15-29-9-3-4-10-29)22(31)18(14-19)16-30-11-5-6-12-30/h1-2,7-8,13-14,31H,3-6,9-12,15-16H2,(H,28,32). The Hall–Kier alpha value is -2.58. The highest BCUT2D eigenvalue weighted by Gasteiger charge is 2.35. The van der Waals surface area contributed by atoms with Crippen molar-refractivity contribution in [2.75, 3.05) is 31.5 Å². The SMILES string of the molecule is O=C(Nc1cc(CN2CCCC2)c(O)c(CN2CCCC2)c1)c1ccccc1C(F)(F)F. The lowest BCUT2D eigenvalue weighted by atomic mass is 10.0. The molecule has 0 saturated carbocycles. The summed E-state index contributed by atoms with van der Waals surface area (Å²) in [5.41, 5.74) is 0.375. The zero-order chi connectivity index (χ0) is 22.7. The zero-order valence-electron chi connectivity index (χ0n) is 17.9. The summed E-state index contributed by atoms with van der Waals surface area (Å²) in [4.78, 5) is 17.3. The number of halogens is 3. The van der Waals surface area contributed by atoms with Crippen molar-refractivity contribution in [3.05, 3.63) is 58.7 Å². The highest BCUT2D eigenvalue weighted by atomic mass is 19.4. The Bertz CT molecular complexity index is 926. The summed E-state index contributed by atoms with van der Waals surface area (Å²) in [5, 5.41) is 13.6. The van der Waals surface area contributed by atoms with Gasteiger partial charge in [0.1, 0.15) is 5.75 Å². The number of anilines is 1. The topological polar surface area (TPSA) is 55.8 Å². The van der Waals surface area contributed by atoms with E-state index in [0.717, 1.165) is 57.9 Å². The Labute approximate surface area is 185 Å². The van der Waals surface area contributed by atoms with E-state index in [9.17, 15) is 23.1 Å². The average Bonchev–Trinajstić information content (AvgIpc) is 3.45. The number of nitrogens with zero attached hydrogens (tertiary/aromatic N) is 2. The first-order chi connectivity index (χ1) is 15.3. The van der Waals surface area contributed by atoms with Crippen LogP contribution in [-0.4, -0.2) is 47.0 Å². The molecule has 2 aromatic carbocycles. The average molecular weight is 448 g/mol.